The van der Waals surface area contributed by atoms with Crippen LogP contribution >= 0.6 is 0 Å². The Morgan fingerprint density at radius 3 is 0.907 bits per heavy atom. The van der Waals surface area contributed by atoms with Crippen LogP contribution in [0.1, 0.15) is 0 Å². The Hall–Kier alpha value is -9.82. The molecule has 12 rings (SSSR count). The lowest BCUT2D eigenvalue weighted by molar-refractivity contribution is 1.02. The first-order valence-electron chi connectivity index (χ1n) is 25.2. The number of anilines is 6. The normalized spacial score (nSPS) is 11.2. The first-order chi connectivity index (χ1) is 37.2. The van der Waals surface area contributed by atoms with Gasteiger partial charge in [0.2, 0.25) is 5.95 Å². The van der Waals surface area contributed by atoms with E-state index in [9.17, 15) is 0 Å². The van der Waals surface area contributed by atoms with Crippen LogP contribution in [-0.2, 0) is 0 Å². The maximum Gasteiger partial charge on any atom is 0.238 e. The number of hydrogen-bond acceptors (Lipinski definition) is 6. The van der Waals surface area contributed by atoms with Gasteiger partial charge in [-0.3, -0.25) is 9.88 Å². The number of aromatic nitrogens is 4. The molecular formula is C68H50N6Si. The Balaban J connectivity index is 0.894. The summed E-state index contributed by atoms with van der Waals surface area (Å²) in [6.45, 7) is 0. The van der Waals surface area contributed by atoms with E-state index in [1.807, 2.05) is 72.8 Å². The summed E-state index contributed by atoms with van der Waals surface area (Å²) in [7, 11) is -2.84. The van der Waals surface area contributed by atoms with E-state index in [0.717, 1.165) is 50.7 Å². The van der Waals surface area contributed by atoms with Crippen molar-refractivity contribution in [3.8, 4) is 45.0 Å². The zero-order valence-electron chi connectivity index (χ0n) is 41.1. The van der Waals surface area contributed by atoms with Crippen molar-refractivity contribution >= 4 is 63.2 Å². The van der Waals surface area contributed by atoms with Crippen LogP contribution in [0, 0.1) is 0 Å². The Morgan fingerprint density at radius 2 is 0.520 bits per heavy atom. The van der Waals surface area contributed by atoms with Crippen molar-refractivity contribution < 1.29 is 0 Å². The highest BCUT2D eigenvalue weighted by Gasteiger charge is 2.41. The molecule has 7 heteroatoms. The fourth-order valence-electron chi connectivity index (χ4n) is 10.2. The van der Waals surface area contributed by atoms with E-state index in [1.165, 1.54) is 31.9 Å². The molecular weight excluding hydrogens is 929 g/mol. The summed E-state index contributed by atoms with van der Waals surface area (Å²) in [6, 6.07) is 104. The number of benzene rings is 10. The maximum absolute atomic E-state index is 5.10. The summed E-state index contributed by atoms with van der Waals surface area (Å²) in [5, 5.41) is 5.28. The van der Waals surface area contributed by atoms with Gasteiger partial charge in [-0.25, -0.2) is 4.98 Å². The minimum atomic E-state index is -2.84. The van der Waals surface area contributed by atoms with Gasteiger partial charge in [-0.1, -0.05) is 231 Å². The van der Waals surface area contributed by atoms with Crippen LogP contribution in [0.25, 0.3) is 45.0 Å². The highest BCUT2D eigenvalue weighted by atomic mass is 28.3. The predicted octanol–water partition coefficient (Wildman–Crippen LogP) is 14.3. The van der Waals surface area contributed by atoms with E-state index in [2.05, 4.69) is 233 Å². The molecule has 356 valence electrons. The van der Waals surface area contributed by atoms with Crippen molar-refractivity contribution in [2.75, 3.05) is 9.80 Å². The minimum Gasteiger partial charge on any atom is -0.311 e. The zero-order chi connectivity index (χ0) is 50.2. The number of hydrogen-bond donors (Lipinski definition) is 0. The van der Waals surface area contributed by atoms with E-state index < -0.39 is 8.07 Å². The topological polar surface area (TPSA) is 58.0 Å². The van der Waals surface area contributed by atoms with E-state index in [1.54, 1.807) is 12.4 Å². The molecule has 0 aliphatic heterocycles. The molecule has 12 aromatic rings. The lowest BCUT2D eigenvalue weighted by atomic mass is 10.0. The second-order valence-electron chi connectivity index (χ2n) is 18.3. The van der Waals surface area contributed by atoms with Crippen LogP contribution in [0.4, 0.5) is 34.4 Å². The molecule has 2 aromatic heterocycles. The second kappa shape index (κ2) is 21.1. The van der Waals surface area contributed by atoms with Gasteiger partial charge in [0.25, 0.3) is 0 Å². The fraction of sp³-hybridized carbons (Fsp3) is 0. The number of rotatable bonds is 14. The molecule has 10 aromatic carbocycles. The summed E-state index contributed by atoms with van der Waals surface area (Å²) in [5.41, 5.74) is 11.5. The van der Waals surface area contributed by atoms with Gasteiger partial charge < -0.3 is 4.90 Å². The van der Waals surface area contributed by atoms with Crippen LogP contribution in [0.15, 0.2) is 304 Å². The van der Waals surface area contributed by atoms with Crippen molar-refractivity contribution in [3.05, 3.63) is 304 Å². The van der Waals surface area contributed by atoms with Gasteiger partial charge in [0.1, 0.15) is 0 Å². The zero-order valence-corrected chi connectivity index (χ0v) is 42.1. The Morgan fingerprint density at radius 1 is 0.227 bits per heavy atom. The SMILES string of the molecule is c1ccc(-c2nc(-c3ccccc3)nc(N(c3ccncc3)c3ccc(-c4ccc([Si](c5ccccc5)(c5ccccc5)c5ccc(-c6ccc(N(c7ccccc7)c7ccccc7)cc6)cc5)cc4)cc3)n2)cc1. The monoisotopic (exact) mass is 978 g/mol. The highest BCUT2D eigenvalue weighted by molar-refractivity contribution is 7.19. The molecule has 2 heterocycles. The first kappa shape index (κ1) is 46.3. The summed E-state index contributed by atoms with van der Waals surface area (Å²) in [5.74, 6) is 1.70. The highest BCUT2D eigenvalue weighted by Crippen LogP contribution is 2.37. The molecule has 0 bridgehead atoms. The fourth-order valence-corrected chi connectivity index (χ4v) is 14.9. The van der Waals surface area contributed by atoms with Crippen molar-refractivity contribution in [1.82, 2.24) is 19.9 Å². The van der Waals surface area contributed by atoms with Gasteiger partial charge in [0, 0.05) is 46.3 Å². The van der Waals surface area contributed by atoms with Crippen molar-refractivity contribution in [3.63, 3.8) is 0 Å². The summed E-state index contributed by atoms with van der Waals surface area (Å²) in [6.07, 6.45) is 3.59. The van der Waals surface area contributed by atoms with E-state index in [-0.39, 0.29) is 0 Å². The molecule has 0 unspecified atom stereocenters. The minimum absolute atomic E-state index is 0.508. The molecule has 0 fully saturated rings. The smallest absolute Gasteiger partial charge is 0.238 e. The quantitative estimate of drug-likeness (QED) is 0.0799. The average molecular weight is 979 g/mol. The van der Waals surface area contributed by atoms with Gasteiger partial charge in [-0.05, 0) is 104 Å². The standard InChI is InChI=1S/C68H50N6Si/c1-7-19-55(20-8-1)66-70-67(56-21-9-2-10-22-56)72-68(71-66)74(61-47-49-69-50-48-61)60-41-33-52(34-42-60)54-37-45-65(46-38-54)75(62-27-15-5-16-28-62,63-29-17-6-18-30-63)64-43-35-53(36-44-64)51-31-39-59(40-32-51)73(57-23-11-3-12-24-57)58-25-13-4-14-26-58/h1-50H. The third-order valence-electron chi connectivity index (χ3n) is 13.8. The van der Waals surface area contributed by atoms with Crippen LogP contribution in [-0.4, -0.2) is 28.0 Å². The molecule has 0 spiro atoms. The average Bonchev–Trinajstić information content (AvgIpc) is 3.50. The second-order valence-corrected chi connectivity index (χ2v) is 22.1. The third-order valence-corrected chi connectivity index (χ3v) is 18.6. The predicted molar refractivity (Wildman–Crippen MR) is 312 cm³/mol. The molecule has 0 saturated carbocycles. The van der Waals surface area contributed by atoms with Gasteiger partial charge >= 0.3 is 0 Å². The lowest BCUT2D eigenvalue weighted by Crippen LogP contribution is -2.74. The Kier molecular flexibility index (Phi) is 13.0. The molecule has 75 heavy (non-hydrogen) atoms. The third kappa shape index (κ3) is 9.43. The summed E-state index contributed by atoms with van der Waals surface area (Å²) >= 11 is 0. The van der Waals surface area contributed by atoms with Crippen molar-refractivity contribution in [2.24, 2.45) is 0 Å². The molecule has 6 nitrogen and oxygen atoms in total. The largest absolute Gasteiger partial charge is 0.311 e. The molecule has 0 aliphatic carbocycles. The Labute approximate surface area is 439 Å². The molecule has 0 saturated heterocycles. The lowest BCUT2D eigenvalue weighted by Gasteiger charge is -2.34. The summed E-state index contributed by atoms with van der Waals surface area (Å²) < 4.78 is 0. The van der Waals surface area contributed by atoms with Gasteiger partial charge in [0.15, 0.2) is 19.7 Å². The molecule has 0 N–H and O–H groups in total. The van der Waals surface area contributed by atoms with Crippen molar-refractivity contribution in [2.45, 2.75) is 0 Å². The van der Waals surface area contributed by atoms with Gasteiger partial charge in [-0.2, -0.15) is 9.97 Å². The van der Waals surface area contributed by atoms with E-state index in [4.69, 9.17) is 15.0 Å². The molecule has 0 amide bonds. The number of pyridine rings is 1. The van der Waals surface area contributed by atoms with Crippen LogP contribution in [0.5, 0.6) is 0 Å². The number of para-hydroxylation sites is 2. The van der Waals surface area contributed by atoms with Crippen molar-refractivity contribution in [1.29, 1.82) is 0 Å². The maximum atomic E-state index is 5.10. The molecule has 0 radical (unpaired) electrons. The molecule has 0 atom stereocenters. The van der Waals surface area contributed by atoms with E-state index in [0.29, 0.717) is 17.6 Å². The van der Waals surface area contributed by atoms with Gasteiger partial charge in [0.05, 0.1) is 5.69 Å². The van der Waals surface area contributed by atoms with Gasteiger partial charge in [-0.15, -0.1) is 0 Å². The Bertz CT molecular complexity index is 3620. The van der Waals surface area contributed by atoms with Crippen LogP contribution < -0.4 is 30.5 Å². The van der Waals surface area contributed by atoms with Crippen LogP contribution in [0.3, 0.4) is 0 Å². The summed E-state index contributed by atoms with van der Waals surface area (Å²) in [4.78, 5) is 23.9. The van der Waals surface area contributed by atoms with Crippen LogP contribution in [0.2, 0.25) is 0 Å². The first-order valence-corrected chi connectivity index (χ1v) is 27.2. The number of nitrogens with zero attached hydrogens (tertiary/aromatic N) is 6. The molecule has 0 aliphatic rings. The van der Waals surface area contributed by atoms with E-state index >= 15 is 0 Å².